The molecule has 6 aromatic rings. The number of hydrogen-bond acceptors (Lipinski definition) is 13. The molecule has 0 bridgehead atoms. The van der Waals surface area contributed by atoms with Crippen LogP contribution >= 0.6 is 46.4 Å². The standard InChI is InChI=1S/C34H38Cl2N4O3.C25H26Cl2N2O3.C8H13N3O/c1-32(2)10-12-33(13-11-32)18-24(27(41)15-20-3-5-21(6-4-20)30-40-38-19-43-30)29(22-9-14-37-28(36)16-22)34(33)25-8-7-23(35)17-26(25)39-31(34)42;1-23(2)6-8-24(9-7-23)13-16(21(30)31)20(14-5-10-28-19(27)11-14)25(24)17-4-3-15(26)12-18(17)29-22(25)32;9-7-3-1-6(2-4-7)8-11-10-5-12-8/h7-9,14,16-17,19-21,24,29H,3-6,10-13,15,18H2,1-2H3,(H,39,42);3-5,10-12,16,20H,6-9,13H2,1-2H3,(H,29,32)(H,30,31);5-7H,1-4,9H2/t20?,21?,24-,29-,34+;16-,20+,25?;/m01./s1. The van der Waals surface area contributed by atoms with Gasteiger partial charge in [-0.05, 0) is 214 Å². The summed E-state index contributed by atoms with van der Waals surface area (Å²) >= 11 is 25.4. The fourth-order valence-corrected chi connectivity index (χ4v) is 18.5. The molecule has 14 rings (SSSR count). The minimum absolute atomic E-state index is 0.0160. The van der Waals surface area contributed by atoms with E-state index in [1.54, 1.807) is 36.7 Å². The average molecular weight is 1260 g/mol. The zero-order chi connectivity index (χ0) is 61.3. The first-order valence-electron chi connectivity index (χ1n) is 31.1. The molecular formula is C67H77Cl4N9O7. The second-order valence-corrected chi connectivity index (χ2v) is 29.7. The van der Waals surface area contributed by atoms with Crippen molar-refractivity contribution in [2.24, 2.45) is 45.1 Å². The van der Waals surface area contributed by atoms with Crippen LogP contribution in [0.2, 0.25) is 20.4 Å². The van der Waals surface area contributed by atoms with Gasteiger partial charge in [-0.15, -0.1) is 20.4 Å². The van der Waals surface area contributed by atoms with Crippen LogP contribution in [0.15, 0.2) is 94.7 Å². The highest BCUT2D eigenvalue weighted by Crippen LogP contribution is 2.74. The number of ketones is 1. The minimum atomic E-state index is -1.00. The summed E-state index contributed by atoms with van der Waals surface area (Å²) in [6.07, 6.45) is 23.1. The van der Waals surface area contributed by atoms with Gasteiger partial charge >= 0.3 is 5.97 Å². The Labute approximate surface area is 528 Å². The number of halogens is 4. The lowest BCUT2D eigenvalue weighted by Crippen LogP contribution is -2.52. The van der Waals surface area contributed by atoms with E-state index in [4.69, 9.17) is 61.0 Å². The predicted molar refractivity (Wildman–Crippen MR) is 333 cm³/mol. The quantitative estimate of drug-likeness (QED) is 0.104. The number of amides is 2. The smallest absolute Gasteiger partial charge is 0.307 e. The van der Waals surface area contributed by atoms with Gasteiger partial charge in [-0.2, -0.15) is 0 Å². The van der Waals surface area contributed by atoms with Crippen LogP contribution in [0.5, 0.6) is 0 Å². The van der Waals surface area contributed by atoms with Crippen molar-refractivity contribution in [3.8, 4) is 0 Å². The summed E-state index contributed by atoms with van der Waals surface area (Å²) in [6, 6.07) is 19.0. The summed E-state index contributed by atoms with van der Waals surface area (Å²) in [5, 5.41) is 34.0. The van der Waals surface area contributed by atoms with E-state index in [1.165, 1.54) is 12.8 Å². The number of pyridine rings is 2. The molecule has 87 heavy (non-hydrogen) atoms. The van der Waals surface area contributed by atoms with Gasteiger partial charge in [-0.25, -0.2) is 9.97 Å². The van der Waals surface area contributed by atoms with Gasteiger partial charge in [-0.1, -0.05) is 86.2 Å². The van der Waals surface area contributed by atoms with Gasteiger partial charge in [0.15, 0.2) is 0 Å². The third-order valence-corrected chi connectivity index (χ3v) is 23.2. The summed E-state index contributed by atoms with van der Waals surface area (Å²) in [5.41, 5.74) is 8.35. The Balaban J connectivity index is 0.000000146. The SMILES string of the molecule is CC1(C)CCC2(CC1)C[C@@H](C(=O)CC1CCC(c3nnco3)CC1)[C@H](c1ccnc(Cl)c1)[C@]21C(=O)Nc2cc(Cl)ccc21.CC1(C)CCC2(CC1)C[C@@H](C(=O)O)[C@H](c1ccnc(Cl)c1)C21C(=O)Nc2cc(Cl)ccc21.NC1CCC(c2nnco2)CC1. The lowest BCUT2D eigenvalue weighted by Gasteiger charge is -2.51. The third kappa shape index (κ3) is 11.1. The fraction of sp³-hybridized carbons (Fsp3) is 0.552. The number of nitrogens with zero attached hydrogens (tertiary/aromatic N) is 6. The molecule has 20 heteroatoms. The van der Waals surface area contributed by atoms with Gasteiger partial charge in [0.2, 0.25) is 36.4 Å². The van der Waals surface area contributed by atoms with Gasteiger partial charge in [0.05, 0.1) is 16.7 Å². The van der Waals surface area contributed by atoms with Crippen molar-refractivity contribution in [1.82, 2.24) is 30.4 Å². The molecule has 6 fully saturated rings. The van der Waals surface area contributed by atoms with Crippen molar-refractivity contribution in [3.63, 3.8) is 0 Å². The van der Waals surface area contributed by atoms with E-state index in [9.17, 15) is 24.3 Å². The number of aliphatic carboxylic acids is 1. The highest BCUT2D eigenvalue weighted by molar-refractivity contribution is 6.32. The van der Waals surface area contributed by atoms with Crippen LogP contribution in [-0.2, 0) is 30.0 Å². The molecule has 8 aliphatic rings. The first kappa shape index (κ1) is 61.5. The molecule has 6 atom stereocenters. The number of carboxylic acids is 1. The van der Waals surface area contributed by atoms with Crippen molar-refractivity contribution in [2.45, 2.75) is 190 Å². The summed E-state index contributed by atoms with van der Waals surface area (Å²) in [5.74, 6) is -0.182. The molecule has 6 saturated carbocycles. The number of carboxylic acid groups (broad SMARTS) is 1. The van der Waals surface area contributed by atoms with Crippen LogP contribution in [0.1, 0.15) is 207 Å². The fourth-order valence-electron chi connectivity index (χ4n) is 17.8. The molecule has 2 aliphatic heterocycles. The molecule has 2 amide bonds. The molecule has 16 nitrogen and oxygen atoms in total. The predicted octanol–water partition coefficient (Wildman–Crippen LogP) is 15.4. The van der Waals surface area contributed by atoms with Crippen molar-refractivity contribution < 1.29 is 33.1 Å². The van der Waals surface area contributed by atoms with Gasteiger partial charge in [0.25, 0.3) is 0 Å². The van der Waals surface area contributed by atoms with Crippen LogP contribution in [0.4, 0.5) is 11.4 Å². The van der Waals surface area contributed by atoms with Crippen LogP contribution in [0, 0.1) is 39.4 Å². The van der Waals surface area contributed by atoms with Gasteiger partial charge in [0.1, 0.15) is 16.1 Å². The maximum absolute atomic E-state index is 14.6. The Bertz CT molecular complexity index is 3530. The second kappa shape index (κ2) is 23.9. The van der Waals surface area contributed by atoms with E-state index in [2.05, 4.69) is 68.7 Å². The van der Waals surface area contributed by atoms with Crippen molar-refractivity contribution >= 4 is 81.3 Å². The first-order valence-corrected chi connectivity index (χ1v) is 32.6. The normalized spacial score (nSPS) is 30.4. The summed E-state index contributed by atoms with van der Waals surface area (Å²) in [7, 11) is 0. The number of rotatable bonds is 8. The third-order valence-electron chi connectivity index (χ3n) is 22.3. The number of Topliss-reactive ketones (excluding diaryl/α,β-unsaturated/α-hetero) is 1. The summed E-state index contributed by atoms with van der Waals surface area (Å²) in [4.78, 5) is 64.3. The van der Waals surface area contributed by atoms with Crippen LogP contribution < -0.4 is 16.4 Å². The maximum atomic E-state index is 14.6. The average Bonchev–Trinajstić information content (AvgIpc) is 1.54. The number of carbonyl (C=O) groups excluding carboxylic acids is 3. The molecule has 6 aliphatic carbocycles. The molecule has 1 unspecified atom stereocenters. The number of fused-ring (bicyclic) bond motifs is 6. The van der Waals surface area contributed by atoms with Crippen molar-refractivity contribution in [2.75, 3.05) is 10.6 Å². The lowest BCUT2D eigenvalue weighted by atomic mass is 9.51. The maximum Gasteiger partial charge on any atom is 0.307 e. The zero-order valence-electron chi connectivity index (χ0n) is 49.8. The minimum Gasteiger partial charge on any atom is -0.481 e. The Hall–Kier alpha value is -5.78. The molecular weight excluding hydrogens is 1180 g/mol. The summed E-state index contributed by atoms with van der Waals surface area (Å²) in [6.45, 7) is 9.13. The molecule has 4 aromatic heterocycles. The molecule has 6 heterocycles. The Morgan fingerprint density at radius 3 is 1.43 bits per heavy atom. The number of nitrogens with one attached hydrogen (secondary N) is 2. The second-order valence-electron chi connectivity index (χ2n) is 28.1. The van der Waals surface area contributed by atoms with E-state index in [0.717, 1.165) is 137 Å². The summed E-state index contributed by atoms with van der Waals surface area (Å²) < 4.78 is 10.6. The van der Waals surface area contributed by atoms with Gasteiger partial charge in [-0.3, -0.25) is 19.2 Å². The number of nitrogens with two attached hydrogens (primary N) is 1. The Morgan fingerprint density at radius 1 is 0.586 bits per heavy atom. The topological polar surface area (TPSA) is 242 Å². The first-order chi connectivity index (χ1) is 41.6. The van der Waals surface area contributed by atoms with E-state index in [-0.39, 0.29) is 51.6 Å². The van der Waals surface area contributed by atoms with Crippen LogP contribution in [-0.4, -0.2) is 65.1 Å². The molecule has 460 valence electrons. The Morgan fingerprint density at radius 2 is 1.01 bits per heavy atom. The van der Waals surface area contributed by atoms with Gasteiger partial charge in [0, 0.05) is 75.9 Å². The molecule has 2 aromatic carbocycles. The highest BCUT2D eigenvalue weighted by Gasteiger charge is 2.74. The number of benzene rings is 2. The highest BCUT2D eigenvalue weighted by atomic mass is 35.5. The van der Waals surface area contributed by atoms with E-state index < -0.39 is 34.1 Å². The van der Waals surface area contributed by atoms with Crippen LogP contribution in [0.25, 0.3) is 0 Å². The van der Waals surface area contributed by atoms with Gasteiger partial charge < -0.3 is 30.3 Å². The number of anilines is 2. The van der Waals surface area contributed by atoms with E-state index in [0.29, 0.717) is 69.1 Å². The number of aromatic nitrogens is 6. The molecule has 5 N–H and O–H groups in total. The van der Waals surface area contributed by atoms with Crippen molar-refractivity contribution in [3.05, 3.63) is 140 Å². The number of carbonyl (C=O) groups is 4. The number of hydrogen-bond donors (Lipinski definition) is 4. The van der Waals surface area contributed by atoms with E-state index in [1.807, 2.05) is 36.4 Å². The van der Waals surface area contributed by atoms with Crippen molar-refractivity contribution in [1.29, 1.82) is 0 Å². The monoisotopic (exact) mass is 1260 g/mol. The molecule has 0 saturated heterocycles. The largest absolute Gasteiger partial charge is 0.481 e. The molecule has 4 spiro atoms. The zero-order valence-corrected chi connectivity index (χ0v) is 52.8. The Kier molecular flexibility index (Phi) is 16.9. The van der Waals surface area contributed by atoms with E-state index >= 15 is 0 Å². The van der Waals surface area contributed by atoms with Crippen LogP contribution in [0.3, 0.4) is 0 Å². The molecule has 0 radical (unpaired) electrons. The lowest BCUT2D eigenvalue weighted by molar-refractivity contribution is -0.142.